The molecule has 1 fully saturated rings. The molecule has 1 N–H and O–H groups in total. The monoisotopic (exact) mass is 227 g/mol. The zero-order chi connectivity index (χ0) is 11.8. The van der Waals surface area contributed by atoms with Crippen molar-refractivity contribution in [2.45, 2.75) is 39.7 Å². The van der Waals surface area contributed by atoms with E-state index in [0.29, 0.717) is 0 Å². The number of hydrogen-bond acceptors (Lipinski definition) is 3. The molecule has 16 heavy (non-hydrogen) atoms. The lowest BCUT2D eigenvalue weighted by atomic mass is 10.1. The van der Waals surface area contributed by atoms with Crippen LogP contribution < -0.4 is 5.32 Å². The van der Waals surface area contributed by atoms with Crippen LogP contribution in [0.3, 0.4) is 0 Å². The van der Waals surface area contributed by atoms with E-state index in [1.807, 2.05) is 0 Å². The second-order valence-corrected chi connectivity index (χ2v) is 4.72. The van der Waals surface area contributed by atoms with Crippen LogP contribution in [-0.4, -0.2) is 61.7 Å². The van der Waals surface area contributed by atoms with Gasteiger partial charge in [0.1, 0.15) is 0 Å². The van der Waals surface area contributed by atoms with Crippen LogP contribution in [0.15, 0.2) is 0 Å². The Morgan fingerprint density at radius 3 is 2.62 bits per heavy atom. The van der Waals surface area contributed by atoms with Gasteiger partial charge in [0.2, 0.25) is 0 Å². The van der Waals surface area contributed by atoms with Gasteiger partial charge in [-0.3, -0.25) is 0 Å². The van der Waals surface area contributed by atoms with Crippen LogP contribution in [0.5, 0.6) is 0 Å². The highest BCUT2D eigenvalue weighted by Crippen LogP contribution is 2.09. The van der Waals surface area contributed by atoms with Crippen LogP contribution >= 0.6 is 0 Å². The van der Waals surface area contributed by atoms with Crippen molar-refractivity contribution in [3.05, 3.63) is 0 Å². The summed E-state index contributed by atoms with van der Waals surface area (Å²) in [7, 11) is 0. The highest BCUT2D eigenvalue weighted by molar-refractivity contribution is 4.78. The number of likely N-dealkylation sites (tertiary alicyclic amines) is 1. The summed E-state index contributed by atoms with van der Waals surface area (Å²) in [5, 5.41) is 3.57. The lowest BCUT2D eigenvalue weighted by Gasteiger charge is -2.34. The number of likely N-dealkylation sites (N-methyl/N-ethyl adjacent to an activating group) is 2. The van der Waals surface area contributed by atoms with Gasteiger partial charge in [-0.05, 0) is 39.0 Å². The molecule has 96 valence electrons. The molecule has 0 aromatic carbocycles. The Labute approximate surface area is 101 Å². The highest BCUT2D eigenvalue weighted by atomic mass is 15.2. The summed E-state index contributed by atoms with van der Waals surface area (Å²) in [4.78, 5) is 5.13. The molecule has 3 heteroatoms. The molecule has 1 heterocycles. The predicted octanol–water partition coefficient (Wildman–Crippen LogP) is 1.40. The van der Waals surface area contributed by atoms with Gasteiger partial charge in [0.05, 0.1) is 0 Å². The van der Waals surface area contributed by atoms with Gasteiger partial charge in [-0.25, -0.2) is 0 Å². The van der Waals surface area contributed by atoms with Gasteiger partial charge in [0.15, 0.2) is 0 Å². The second kappa shape index (κ2) is 8.04. The fourth-order valence-electron chi connectivity index (χ4n) is 2.54. The molecule has 0 aliphatic carbocycles. The minimum atomic E-state index is 0.732. The van der Waals surface area contributed by atoms with Gasteiger partial charge >= 0.3 is 0 Å². The molecule has 0 aromatic rings. The number of rotatable bonds is 7. The van der Waals surface area contributed by atoms with Crippen molar-refractivity contribution in [1.82, 2.24) is 15.1 Å². The number of piperidine rings is 1. The van der Waals surface area contributed by atoms with Crippen LogP contribution in [0.4, 0.5) is 0 Å². The minimum absolute atomic E-state index is 0.732. The van der Waals surface area contributed by atoms with Gasteiger partial charge in [0.25, 0.3) is 0 Å². The first-order valence-electron chi connectivity index (χ1n) is 6.98. The molecular formula is C13H29N3. The summed E-state index contributed by atoms with van der Waals surface area (Å²) in [6.07, 6.45) is 2.71. The highest BCUT2D eigenvalue weighted by Gasteiger charge is 2.18. The van der Waals surface area contributed by atoms with Gasteiger partial charge in [-0.15, -0.1) is 0 Å². The molecule has 1 aliphatic rings. The van der Waals surface area contributed by atoms with Crippen molar-refractivity contribution in [1.29, 1.82) is 0 Å². The molecule has 0 amide bonds. The van der Waals surface area contributed by atoms with Gasteiger partial charge < -0.3 is 15.1 Å². The summed E-state index contributed by atoms with van der Waals surface area (Å²) < 4.78 is 0. The third-order valence-corrected chi connectivity index (χ3v) is 3.63. The first-order chi connectivity index (χ1) is 7.80. The largest absolute Gasteiger partial charge is 0.313 e. The van der Waals surface area contributed by atoms with E-state index in [2.05, 4.69) is 35.9 Å². The Hall–Kier alpha value is -0.120. The van der Waals surface area contributed by atoms with Crippen LogP contribution in [0.2, 0.25) is 0 Å². The van der Waals surface area contributed by atoms with E-state index in [-0.39, 0.29) is 0 Å². The number of nitrogens with one attached hydrogen (secondary N) is 1. The molecule has 1 aliphatic heterocycles. The third kappa shape index (κ3) is 4.81. The van der Waals surface area contributed by atoms with Crippen molar-refractivity contribution >= 4 is 0 Å². The van der Waals surface area contributed by atoms with Crippen molar-refractivity contribution < 1.29 is 0 Å². The molecule has 1 atom stereocenters. The zero-order valence-electron chi connectivity index (χ0n) is 11.3. The topological polar surface area (TPSA) is 18.5 Å². The zero-order valence-corrected chi connectivity index (χ0v) is 11.3. The van der Waals surface area contributed by atoms with Crippen LogP contribution in [0.1, 0.15) is 33.6 Å². The van der Waals surface area contributed by atoms with E-state index in [9.17, 15) is 0 Å². The van der Waals surface area contributed by atoms with Crippen molar-refractivity contribution in [3.8, 4) is 0 Å². The molecule has 3 nitrogen and oxygen atoms in total. The van der Waals surface area contributed by atoms with Gasteiger partial charge in [-0.2, -0.15) is 0 Å². The summed E-state index contributed by atoms with van der Waals surface area (Å²) in [5.41, 5.74) is 0. The van der Waals surface area contributed by atoms with E-state index in [1.54, 1.807) is 0 Å². The average molecular weight is 227 g/mol. The number of nitrogens with zero attached hydrogens (tertiary/aromatic N) is 2. The molecule has 0 spiro atoms. The maximum absolute atomic E-state index is 3.57. The molecule has 0 radical (unpaired) electrons. The molecule has 0 saturated carbocycles. The van der Waals surface area contributed by atoms with Crippen molar-refractivity contribution in [3.63, 3.8) is 0 Å². The molecular weight excluding hydrogens is 198 g/mol. The first-order valence-corrected chi connectivity index (χ1v) is 6.98. The Bertz CT molecular complexity index is 167. The van der Waals surface area contributed by atoms with Crippen LogP contribution in [0, 0.1) is 0 Å². The fourth-order valence-corrected chi connectivity index (χ4v) is 2.54. The Balaban J connectivity index is 2.20. The molecule has 1 rings (SSSR count). The lowest BCUT2D eigenvalue weighted by Crippen LogP contribution is -2.47. The van der Waals surface area contributed by atoms with Crippen LogP contribution in [-0.2, 0) is 0 Å². The molecule has 1 unspecified atom stereocenters. The summed E-state index contributed by atoms with van der Waals surface area (Å²) in [6, 6.07) is 0.732. The quantitative estimate of drug-likeness (QED) is 0.709. The van der Waals surface area contributed by atoms with E-state index in [1.165, 1.54) is 52.1 Å². The summed E-state index contributed by atoms with van der Waals surface area (Å²) >= 11 is 0. The van der Waals surface area contributed by atoms with Gasteiger partial charge in [-0.1, -0.05) is 20.8 Å². The fraction of sp³-hybridized carbons (Fsp3) is 1.00. The van der Waals surface area contributed by atoms with E-state index < -0.39 is 0 Å². The Kier molecular flexibility index (Phi) is 7.01. The SMILES string of the molecule is CCNC1CCCN(CCN(CC)CC)C1. The van der Waals surface area contributed by atoms with E-state index in [4.69, 9.17) is 0 Å². The summed E-state index contributed by atoms with van der Waals surface area (Å²) in [5.74, 6) is 0. The molecule has 0 bridgehead atoms. The van der Waals surface area contributed by atoms with Crippen LogP contribution in [0.25, 0.3) is 0 Å². The van der Waals surface area contributed by atoms with Crippen molar-refractivity contribution in [2.75, 3.05) is 45.8 Å². The maximum Gasteiger partial charge on any atom is 0.0195 e. The number of hydrogen-bond donors (Lipinski definition) is 1. The predicted molar refractivity (Wildman–Crippen MR) is 70.9 cm³/mol. The molecule has 1 saturated heterocycles. The van der Waals surface area contributed by atoms with E-state index >= 15 is 0 Å². The van der Waals surface area contributed by atoms with Crippen molar-refractivity contribution in [2.24, 2.45) is 0 Å². The normalized spacial score (nSPS) is 22.9. The average Bonchev–Trinajstić information content (AvgIpc) is 2.31. The smallest absolute Gasteiger partial charge is 0.0195 e. The van der Waals surface area contributed by atoms with E-state index in [0.717, 1.165) is 12.6 Å². The second-order valence-electron chi connectivity index (χ2n) is 4.72. The Morgan fingerprint density at radius 1 is 1.25 bits per heavy atom. The van der Waals surface area contributed by atoms with Gasteiger partial charge in [0, 0.05) is 25.7 Å². The minimum Gasteiger partial charge on any atom is -0.313 e. The third-order valence-electron chi connectivity index (χ3n) is 3.63. The summed E-state index contributed by atoms with van der Waals surface area (Å²) in [6.45, 7) is 15.2. The first kappa shape index (κ1) is 13.9. The Morgan fingerprint density at radius 2 is 2.00 bits per heavy atom. The standard InChI is InChI=1S/C13H29N3/c1-4-14-13-8-7-9-16(12-13)11-10-15(5-2)6-3/h13-14H,4-12H2,1-3H3. The lowest BCUT2D eigenvalue weighted by molar-refractivity contribution is 0.165. The molecule has 0 aromatic heterocycles. The maximum atomic E-state index is 3.57.